The summed E-state index contributed by atoms with van der Waals surface area (Å²) in [6, 6.07) is 12.0. The zero-order valence-electron chi connectivity index (χ0n) is 17.0. The Labute approximate surface area is 185 Å². The summed E-state index contributed by atoms with van der Waals surface area (Å²) in [5, 5.41) is 4.50. The minimum atomic E-state index is -0.0179. The fraction of sp³-hybridized carbons (Fsp3) is 0.304. The highest BCUT2D eigenvalue weighted by Gasteiger charge is 2.17. The standard InChI is InChI=1S/C23H23ClN2O3S/c1-14-3-5-17(6-4-14)22-20(30-15(2)26-22)13-21(27)25-8-7-16-11-18(24)23-19(12-16)28-9-10-29-23/h3-6,11-12H,7-10,13H2,1-2H3,(H,25,27). The van der Waals surface area contributed by atoms with Crippen molar-refractivity contribution < 1.29 is 14.3 Å². The van der Waals surface area contributed by atoms with Crippen molar-refractivity contribution in [2.75, 3.05) is 19.8 Å². The molecular formula is C23H23ClN2O3S. The van der Waals surface area contributed by atoms with E-state index in [1.807, 2.05) is 19.1 Å². The zero-order valence-corrected chi connectivity index (χ0v) is 18.5. The van der Waals surface area contributed by atoms with Gasteiger partial charge in [0.05, 0.1) is 22.1 Å². The van der Waals surface area contributed by atoms with E-state index in [1.165, 1.54) is 5.56 Å². The van der Waals surface area contributed by atoms with Gasteiger partial charge in [0.25, 0.3) is 0 Å². The molecule has 0 radical (unpaired) electrons. The number of nitrogens with one attached hydrogen (secondary N) is 1. The molecule has 0 fully saturated rings. The Bertz CT molecular complexity index is 1060. The van der Waals surface area contributed by atoms with E-state index in [0.29, 0.717) is 49.1 Å². The van der Waals surface area contributed by atoms with Crippen LogP contribution in [-0.4, -0.2) is 30.6 Å². The highest BCUT2D eigenvalue weighted by Crippen LogP contribution is 2.38. The molecule has 0 aliphatic carbocycles. The molecule has 1 amide bonds. The van der Waals surface area contributed by atoms with Crippen LogP contribution in [0.2, 0.25) is 5.02 Å². The molecule has 4 rings (SSSR count). The Morgan fingerprint density at radius 3 is 2.73 bits per heavy atom. The lowest BCUT2D eigenvalue weighted by Crippen LogP contribution is -2.27. The third-order valence-corrected chi connectivity index (χ3v) is 6.09. The topological polar surface area (TPSA) is 60.5 Å². The zero-order chi connectivity index (χ0) is 21.1. The second-order valence-electron chi connectivity index (χ2n) is 7.25. The molecule has 1 aromatic heterocycles. The Kier molecular flexibility index (Phi) is 6.25. The van der Waals surface area contributed by atoms with Gasteiger partial charge in [-0.1, -0.05) is 41.4 Å². The van der Waals surface area contributed by atoms with Crippen molar-refractivity contribution in [1.82, 2.24) is 10.3 Å². The lowest BCUT2D eigenvalue weighted by molar-refractivity contribution is -0.120. The van der Waals surface area contributed by atoms with Crippen LogP contribution in [0.3, 0.4) is 0 Å². The number of hydrogen-bond donors (Lipinski definition) is 1. The van der Waals surface area contributed by atoms with Crippen LogP contribution in [0.4, 0.5) is 0 Å². The molecule has 2 heterocycles. The van der Waals surface area contributed by atoms with Crippen molar-refractivity contribution in [2.45, 2.75) is 26.7 Å². The maximum atomic E-state index is 12.5. The fourth-order valence-electron chi connectivity index (χ4n) is 3.39. The summed E-state index contributed by atoms with van der Waals surface area (Å²) < 4.78 is 11.2. The lowest BCUT2D eigenvalue weighted by atomic mass is 10.1. The molecule has 1 N–H and O–H groups in total. The summed E-state index contributed by atoms with van der Waals surface area (Å²) in [5.74, 6) is 1.24. The summed E-state index contributed by atoms with van der Waals surface area (Å²) in [4.78, 5) is 18.2. The molecule has 0 unspecified atom stereocenters. The SMILES string of the molecule is Cc1ccc(-c2nc(C)sc2CC(=O)NCCc2cc(Cl)c3c(c2)OCCO3)cc1. The normalized spacial score (nSPS) is 12.6. The Morgan fingerprint density at radius 2 is 1.93 bits per heavy atom. The van der Waals surface area contributed by atoms with Crippen LogP contribution in [0.5, 0.6) is 11.5 Å². The van der Waals surface area contributed by atoms with E-state index in [4.69, 9.17) is 21.1 Å². The van der Waals surface area contributed by atoms with Gasteiger partial charge < -0.3 is 14.8 Å². The molecule has 2 aromatic carbocycles. The van der Waals surface area contributed by atoms with E-state index in [2.05, 4.69) is 41.5 Å². The Balaban J connectivity index is 1.37. The third-order valence-electron chi connectivity index (χ3n) is 4.84. The number of aromatic nitrogens is 1. The molecule has 0 bridgehead atoms. The Morgan fingerprint density at radius 1 is 1.17 bits per heavy atom. The van der Waals surface area contributed by atoms with Crippen LogP contribution < -0.4 is 14.8 Å². The van der Waals surface area contributed by atoms with E-state index in [1.54, 1.807) is 11.3 Å². The second kappa shape index (κ2) is 9.06. The van der Waals surface area contributed by atoms with Crippen molar-refractivity contribution in [3.8, 4) is 22.8 Å². The maximum Gasteiger partial charge on any atom is 0.225 e. The van der Waals surface area contributed by atoms with Crippen molar-refractivity contribution in [3.63, 3.8) is 0 Å². The molecule has 156 valence electrons. The first-order valence-corrected chi connectivity index (χ1v) is 11.1. The predicted molar refractivity (Wildman–Crippen MR) is 120 cm³/mol. The molecule has 0 spiro atoms. The molecule has 1 aliphatic heterocycles. The molecule has 3 aromatic rings. The van der Waals surface area contributed by atoms with Crippen molar-refractivity contribution in [2.24, 2.45) is 0 Å². The minimum Gasteiger partial charge on any atom is -0.486 e. The first kappa shape index (κ1) is 20.7. The van der Waals surface area contributed by atoms with Gasteiger partial charge in [0.15, 0.2) is 11.5 Å². The number of carbonyl (C=O) groups excluding carboxylic acids is 1. The van der Waals surface area contributed by atoms with Crippen LogP contribution in [0, 0.1) is 13.8 Å². The molecular weight excluding hydrogens is 420 g/mol. The van der Waals surface area contributed by atoms with Gasteiger partial charge in [-0.15, -0.1) is 11.3 Å². The van der Waals surface area contributed by atoms with Gasteiger partial charge in [-0.25, -0.2) is 4.98 Å². The molecule has 5 nitrogen and oxygen atoms in total. The number of amides is 1. The van der Waals surface area contributed by atoms with E-state index >= 15 is 0 Å². The molecule has 0 atom stereocenters. The van der Waals surface area contributed by atoms with E-state index in [0.717, 1.165) is 26.7 Å². The van der Waals surface area contributed by atoms with E-state index < -0.39 is 0 Å². The van der Waals surface area contributed by atoms with Gasteiger partial charge >= 0.3 is 0 Å². The van der Waals surface area contributed by atoms with Crippen LogP contribution in [0.15, 0.2) is 36.4 Å². The molecule has 0 saturated carbocycles. The van der Waals surface area contributed by atoms with Gasteiger partial charge in [0.1, 0.15) is 13.2 Å². The monoisotopic (exact) mass is 442 g/mol. The number of aryl methyl sites for hydroxylation is 2. The van der Waals surface area contributed by atoms with Crippen molar-refractivity contribution in [1.29, 1.82) is 0 Å². The van der Waals surface area contributed by atoms with Gasteiger partial charge in [0.2, 0.25) is 5.91 Å². The number of fused-ring (bicyclic) bond motifs is 1. The maximum absolute atomic E-state index is 12.5. The van der Waals surface area contributed by atoms with Gasteiger partial charge in [-0.3, -0.25) is 4.79 Å². The number of carbonyl (C=O) groups is 1. The molecule has 1 aliphatic rings. The summed E-state index contributed by atoms with van der Waals surface area (Å²) in [5.41, 5.74) is 4.13. The Hall–Kier alpha value is -2.57. The summed E-state index contributed by atoms with van der Waals surface area (Å²) in [6.45, 7) is 5.56. The number of ether oxygens (including phenoxy) is 2. The average Bonchev–Trinajstić information content (AvgIpc) is 3.08. The van der Waals surface area contributed by atoms with Crippen LogP contribution in [0.1, 0.15) is 21.0 Å². The number of rotatable bonds is 6. The van der Waals surface area contributed by atoms with E-state index in [9.17, 15) is 4.79 Å². The number of halogens is 1. The van der Waals surface area contributed by atoms with Crippen LogP contribution >= 0.6 is 22.9 Å². The smallest absolute Gasteiger partial charge is 0.225 e. The number of benzene rings is 2. The van der Waals surface area contributed by atoms with Crippen molar-refractivity contribution in [3.05, 3.63) is 62.4 Å². The first-order chi connectivity index (χ1) is 14.5. The first-order valence-electron chi connectivity index (χ1n) is 9.87. The van der Waals surface area contributed by atoms with Gasteiger partial charge in [-0.2, -0.15) is 0 Å². The second-order valence-corrected chi connectivity index (χ2v) is 8.94. The number of thiazole rings is 1. The highest BCUT2D eigenvalue weighted by atomic mass is 35.5. The fourth-order valence-corrected chi connectivity index (χ4v) is 4.63. The van der Waals surface area contributed by atoms with Crippen molar-refractivity contribution >= 4 is 28.8 Å². The summed E-state index contributed by atoms with van der Waals surface area (Å²) in [6.07, 6.45) is 0.977. The summed E-state index contributed by atoms with van der Waals surface area (Å²) >= 11 is 7.86. The molecule has 0 saturated heterocycles. The number of hydrogen-bond acceptors (Lipinski definition) is 5. The average molecular weight is 443 g/mol. The minimum absolute atomic E-state index is 0.0179. The van der Waals surface area contributed by atoms with Gasteiger partial charge in [-0.05, 0) is 38.0 Å². The third kappa shape index (κ3) is 4.77. The predicted octanol–water partition coefficient (Wildman–Crippen LogP) is 4.75. The largest absolute Gasteiger partial charge is 0.486 e. The summed E-state index contributed by atoms with van der Waals surface area (Å²) in [7, 11) is 0. The van der Waals surface area contributed by atoms with Crippen LogP contribution in [-0.2, 0) is 17.6 Å². The molecule has 7 heteroatoms. The lowest BCUT2D eigenvalue weighted by Gasteiger charge is -2.20. The quantitative estimate of drug-likeness (QED) is 0.598. The van der Waals surface area contributed by atoms with Crippen LogP contribution in [0.25, 0.3) is 11.3 Å². The van der Waals surface area contributed by atoms with E-state index in [-0.39, 0.29) is 5.91 Å². The number of nitrogens with zero attached hydrogens (tertiary/aromatic N) is 1. The van der Waals surface area contributed by atoms with Gasteiger partial charge in [0, 0.05) is 17.0 Å². The highest BCUT2D eigenvalue weighted by molar-refractivity contribution is 7.12. The molecule has 30 heavy (non-hydrogen) atoms.